The fourth-order valence-electron chi connectivity index (χ4n) is 2.92. The van der Waals surface area contributed by atoms with E-state index in [2.05, 4.69) is 20.9 Å². The van der Waals surface area contributed by atoms with Gasteiger partial charge in [-0.1, -0.05) is 0 Å². The first kappa shape index (κ1) is 13.3. The van der Waals surface area contributed by atoms with Crippen LogP contribution in [0.25, 0.3) is 0 Å². The molecule has 3 heterocycles. The van der Waals surface area contributed by atoms with E-state index >= 15 is 0 Å². The summed E-state index contributed by atoms with van der Waals surface area (Å²) in [6, 6.07) is 5.84. The van der Waals surface area contributed by atoms with E-state index in [-0.39, 0.29) is 0 Å². The highest BCUT2D eigenvalue weighted by Crippen LogP contribution is 2.18. The average Bonchev–Trinajstić information content (AvgIpc) is 3.01. The number of nitrogens with zero attached hydrogens (tertiary/aromatic N) is 4. The van der Waals surface area contributed by atoms with Gasteiger partial charge in [-0.15, -0.1) is 0 Å². The summed E-state index contributed by atoms with van der Waals surface area (Å²) in [4.78, 5) is 9.02. The van der Waals surface area contributed by atoms with Gasteiger partial charge in [0.25, 0.3) is 0 Å². The molecule has 5 nitrogen and oxygen atoms in total. The van der Waals surface area contributed by atoms with Crippen LogP contribution in [0.4, 0.5) is 5.69 Å². The van der Waals surface area contributed by atoms with Gasteiger partial charge in [0.1, 0.15) is 11.8 Å². The monoisotopic (exact) mass is 272 g/mol. The Morgan fingerprint density at radius 2 is 2.15 bits per heavy atom. The van der Waals surface area contributed by atoms with E-state index < -0.39 is 0 Å². The summed E-state index contributed by atoms with van der Waals surface area (Å²) in [6.07, 6.45) is 3.01. The number of hydrogen-bond donors (Lipinski definition) is 0. The lowest BCUT2D eigenvalue weighted by molar-refractivity contribution is 0.164. The Balaban J connectivity index is 1.51. The Morgan fingerprint density at radius 1 is 1.30 bits per heavy atom. The lowest BCUT2D eigenvalue weighted by atomic mass is 10.1. The van der Waals surface area contributed by atoms with Gasteiger partial charge in [-0.3, -0.25) is 4.90 Å². The summed E-state index contributed by atoms with van der Waals surface area (Å²) in [7, 11) is 0. The van der Waals surface area contributed by atoms with Crippen molar-refractivity contribution in [2.24, 2.45) is 5.92 Å². The molecule has 2 saturated heterocycles. The van der Waals surface area contributed by atoms with E-state index in [1.165, 1.54) is 13.0 Å². The van der Waals surface area contributed by atoms with Crippen LogP contribution in [-0.4, -0.2) is 55.8 Å². The second-order valence-corrected chi connectivity index (χ2v) is 5.53. The molecule has 3 rings (SSSR count). The maximum absolute atomic E-state index is 8.77. The van der Waals surface area contributed by atoms with Crippen LogP contribution < -0.4 is 4.90 Å². The molecule has 0 aliphatic carbocycles. The van der Waals surface area contributed by atoms with Crippen LogP contribution in [0.2, 0.25) is 0 Å². The van der Waals surface area contributed by atoms with Gasteiger partial charge in [0, 0.05) is 39.3 Å². The minimum atomic E-state index is 0.480. The summed E-state index contributed by atoms with van der Waals surface area (Å²) in [5.41, 5.74) is 1.60. The van der Waals surface area contributed by atoms with Gasteiger partial charge in [0.2, 0.25) is 0 Å². The van der Waals surface area contributed by atoms with E-state index in [1.807, 2.05) is 6.07 Å². The van der Waals surface area contributed by atoms with Crippen molar-refractivity contribution in [1.29, 1.82) is 5.26 Å². The molecule has 1 unspecified atom stereocenters. The molecule has 2 fully saturated rings. The Hall–Kier alpha value is -1.64. The predicted molar refractivity (Wildman–Crippen MR) is 76.5 cm³/mol. The number of nitriles is 1. The number of piperazine rings is 1. The SMILES string of the molecule is N#Cc1ccc(N2CCN(CC3CCOC3)CC2)cn1. The molecule has 106 valence electrons. The fourth-order valence-corrected chi connectivity index (χ4v) is 2.92. The fraction of sp³-hybridized carbons (Fsp3) is 0.600. The lowest BCUT2D eigenvalue weighted by Gasteiger charge is -2.36. The molecule has 0 N–H and O–H groups in total. The molecule has 5 heteroatoms. The number of hydrogen-bond acceptors (Lipinski definition) is 5. The molecule has 0 spiro atoms. The molecular weight excluding hydrogens is 252 g/mol. The van der Waals surface area contributed by atoms with Gasteiger partial charge in [0.15, 0.2) is 0 Å². The molecule has 1 atom stereocenters. The van der Waals surface area contributed by atoms with Crippen LogP contribution in [0.1, 0.15) is 12.1 Å². The Kier molecular flexibility index (Phi) is 4.14. The standard InChI is InChI=1S/C15H20N4O/c16-9-14-1-2-15(10-17-14)19-6-4-18(5-7-19)11-13-3-8-20-12-13/h1-2,10,13H,3-8,11-12H2. The molecule has 1 aromatic rings. The maximum atomic E-state index is 8.77. The van der Waals surface area contributed by atoms with Gasteiger partial charge in [0.05, 0.1) is 18.5 Å². The normalized spacial score (nSPS) is 23.8. The average molecular weight is 272 g/mol. The van der Waals surface area contributed by atoms with E-state index in [9.17, 15) is 0 Å². The second-order valence-electron chi connectivity index (χ2n) is 5.53. The second kappa shape index (κ2) is 6.21. The molecule has 0 radical (unpaired) electrons. The third-order valence-electron chi connectivity index (χ3n) is 4.14. The number of pyridine rings is 1. The van der Waals surface area contributed by atoms with Crippen molar-refractivity contribution >= 4 is 5.69 Å². The number of rotatable bonds is 3. The van der Waals surface area contributed by atoms with Crippen LogP contribution >= 0.6 is 0 Å². The first-order valence-electron chi connectivity index (χ1n) is 7.26. The summed E-state index contributed by atoms with van der Waals surface area (Å²) in [5.74, 6) is 0.720. The van der Waals surface area contributed by atoms with Crippen molar-refractivity contribution in [3.05, 3.63) is 24.0 Å². The largest absolute Gasteiger partial charge is 0.381 e. The van der Waals surface area contributed by atoms with Crippen molar-refractivity contribution in [3.8, 4) is 6.07 Å². The Labute approximate surface area is 119 Å². The Morgan fingerprint density at radius 3 is 2.75 bits per heavy atom. The summed E-state index contributed by atoms with van der Waals surface area (Å²) in [6.45, 7) is 7.27. The van der Waals surface area contributed by atoms with E-state index in [0.717, 1.165) is 51.0 Å². The quantitative estimate of drug-likeness (QED) is 0.825. The maximum Gasteiger partial charge on any atom is 0.140 e. The molecule has 2 aliphatic rings. The molecule has 0 bridgehead atoms. The highest BCUT2D eigenvalue weighted by molar-refractivity contribution is 5.46. The van der Waals surface area contributed by atoms with Crippen LogP contribution in [0, 0.1) is 17.2 Å². The zero-order chi connectivity index (χ0) is 13.8. The van der Waals surface area contributed by atoms with Gasteiger partial charge in [-0.05, 0) is 24.5 Å². The van der Waals surface area contributed by atoms with Crippen molar-refractivity contribution in [2.45, 2.75) is 6.42 Å². The number of anilines is 1. The third kappa shape index (κ3) is 3.09. The van der Waals surface area contributed by atoms with Crippen LogP contribution in [-0.2, 0) is 4.74 Å². The van der Waals surface area contributed by atoms with E-state index in [1.54, 1.807) is 12.3 Å². The smallest absolute Gasteiger partial charge is 0.140 e. The highest BCUT2D eigenvalue weighted by atomic mass is 16.5. The van der Waals surface area contributed by atoms with E-state index in [0.29, 0.717) is 5.69 Å². The number of ether oxygens (including phenoxy) is 1. The minimum absolute atomic E-state index is 0.480. The summed E-state index contributed by atoms with van der Waals surface area (Å²) in [5, 5.41) is 8.77. The molecule has 0 saturated carbocycles. The summed E-state index contributed by atoms with van der Waals surface area (Å²) >= 11 is 0. The molecule has 2 aliphatic heterocycles. The van der Waals surface area contributed by atoms with Crippen molar-refractivity contribution in [1.82, 2.24) is 9.88 Å². The van der Waals surface area contributed by atoms with Gasteiger partial charge >= 0.3 is 0 Å². The minimum Gasteiger partial charge on any atom is -0.381 e. The van der Waals surface area contributed by atoms with Crippen molar-refractivity contribution in [2.75, 3.05) is 50.8 Å². The molecule has 0 aromatic carbocycles. The van der Waals surface area contributed by atoms with Crippen LogP contribution in [0.3, 0.4) is 0 Å². The van der Waals surface area contributed by atoms with Crippen molar-refractivity contribution < 1.29 is 4.74 Å². The molecule has 1 aromatic heterocycles. The molecule has 0 amide bonds. The zero-order valence-corrected chi connectivity index (χ0v) is 11.7. The highest BCUT2D eigenvalue weighted by Gasteiger charge is 2.22. The first-order valence-corrected chi connectivity index (χ1v) is 7.26. The first-order chi connectivity index (χ1) is 9.85. The topological polar surface area (TPSA) is 52.4 Å². The zero-order valence-electron chi connectivity index (χ0n) is 11.7. The lowest BCUT2D eigenvalue weighted by Crippen LogP contribution is -2.47. The number of aromatic nitrogens is 1. The predicted octanol–water partition coefficient (Wildman–Crippen LogP) is 1.11. The van der Waals surface area contributed by atoms with Gasteiger partial charge < -0.3 is 9.64 Å². The van der Waals surface area contributed by atoms with Crippen molar-refractivity contribution in [3.63, 3.8) is 0 Å². The molecule has 20 heavy (non-hydrogen) atoms. The van der Waals surface area contributed by atoms with Gasteiger partial charge in [-0.2, -0.15) is 5.26 Å². The van der Waals surface area contributed by atoms with E-state index in [4.69, 9.17) is 10.00 Å². The molecular formula is C15H20N4O. The summed E-state index contributed by atoms with van der Waals surface area (Å²) < 4.78 is 5.44. The van der Waals surface area contributed by atoms with Crippen LogP contribution in [0.5, 0.6) is 0 Å². The third-order valence-corrected chi connectivity index (χ3v) is 4.14. The van der Waals surface area contributed by atoms with Crippen LogP contribution in [0.15, 0.2) is 18.3 Å². The Bertz CT molecular complexity index is 468. The van der Waals surface area contributed by atoms with Gasteiger partial charge in [-0.25, -0.2) is 4.98 Å².